The van der Waals surface area contributed by atoms with Gasteiger partial charge in [-0.2, -0.15) is 0 Å². The maximum atomic E-state index is 12.6. The van der Waals surface area contributed by atoms with E-state index in [0.717, 1.165) is 16.8 Å². The van der Waals surface area contributed by atoms with E-state index in [4.69, 9.17) is 45.1 Å². The van der Waals surface area contributed by atoms with Crippen molar-refractivity contribution in [2.24, 2.45) is 10.3 Å². The highest BCUT2D eigenvalue weighted by atomic mass is 35.5. The van der Waals surface area contributed by atoms with Crippen LogP contribution < -0.4 is 10.3 Å². The summed E-state index contributed by atoms with van der Waals surface area (Å²) in [7, 11) is -7.92. The number of benzene rings is 6. The van der Waals surface area contributed by atoms with Crippen molar-refractivity contribution in [1.29, 1.82) is 0 Å². The second-order valence-electron chi connectivity index (χ2n) is 9.89. The van der Waals surface area contributed by atoms with Gasteiger partial charge in [-0.25, -0.2) is 27.1 Å². The van der Waals surface area contributed by atoms with Crippen LogP contribution in [0.4, 0.5) is 0 Å². The van der Waals surface area contributed by atoms with Gasteiger partial charge in [0.05, 0.1) is 10.0 Å². The topological polar surface area (TPSA) is 154 Å². The van der Waals surface area contributed by atoms with Crippen LogP contribution in [0.15, 0.2) is 137 Å². The molecule has 0 saturated carbocycles. The van der Waals surface area contributed by atoms with Gasteiger partial charge < -0.3 is 0 Å². The van der Waals surface area contributed by atoms with Gasteiger partial charge in [0.15, 0.2) is 5.78 Å². The number of hydrogen-bond donors (Lipinski definition) is 2. The molecular weight excluding hydrogens is 703 g/mol. The molecule has 6 aromatic carbocycles. The first-order valence-corrected chi connectivity index (χ1v) is 17.7. The van der Waals surface area contributed by atoms with E-state index in [2.05, 4.69) is 48.5 Å². The Morgan fingerprint density at radius 2 is 0.809 bits per heavy atom. The molecule has 0 bridgehead atoms. The van der Waals surface area contributed by atoms with Crippen molar-refractivity contribution < 1.29 is 26.4 Å². The summed E-state index contributed by atoms with van der Waals surface area (Å²) in [5, 5.41) is 13.7. The van der Waals surface area contributed by atoms with Crippen molar-refractivity contribution in [2.45, 2.75) is 9.79 Å². The van der Waals surface area contributed by atoms with Crippen molar-refractivity contribution in [1.82, 2.24) is 0 Å². The van der Waals surface area contributed by atoms with Gasteiger partial charge in [-0.05, 0) is 75.6 Å². The van der Waals surface area contributed by atoms with Gasteiger partial charge in [-0.1, -0.05) is 108 Å². The van der Waals surface area contributed by atoms with Crippen LogP contribution in [-0.2, 0) is 20.0 Å². The molecule has 6 aromatic rings. The minimum atomic E-state index is -3.99. The summed E-state index contributed by atoms with van der Waals surface area (Å²) >= 11 is 16.6. The minimum absolute atomic E-state index is 0.0115. The van der Waals surface area contributed by atoms with E-state index >= 15 is 0 Å². The van der Waals surface area contributed by atoms with Crippen molar-refractivity contribution in [3.05, 3.63) is 154 Å². The molecule has 0 aliphatic heterocycles. The molecule has 13 heteroatoms. The lowest BCUT2D eigenvalue weighted by Gasteiger charge is -2.07. The highest BCUT2D eigenvalue weighted by Crippen LogP contribution is 2.25. The number of halogens is 3. The summed E-state index contributed by atoms with van der Waals surface area (Å²) in [5.74, 6) is -0.294. The Bertz CT molecular complexity index is 2280. The van der Waals surface area contributed by atoms with Gasteiger partial charge in [0.1, 0.15) is 9.79 Å². The maximum Gasteiger partial charge on any atom is 0.252 e. The molecule has 0 aromatic heterocycles. The molecule has 0 radical (unpaired) electrons. The van der Waals surface area contributed by atoms with Crippen LogP contribution in [0.2, 0.25) is 10.0 Å². The van der Waals surface area contributed by atoms with Crippen molar-refractivity contribution in [2.75, 3.05) is 0 Å². The number of primary sulfonamides is 2. The Morgan fingerprint density at radius 3 is 1.23 bits per heavy atom. The van der Waals surface area contributed by atoms with E-state index in [1.165, 1.54) is 41.1 Å². The average Bonchev–Trinajstić information content (AvgIpc) is 3.04. The van der Waals surface area contributed by atoms with Gasteiger partial charge in [0, 0.05) is 16.7 Å². The largest absolute Gasteiger partial charge is 0.289 e. The van der Waals surface area contributed by atoms with E-state index in [1.54, 1.807) is 12.1 Å². The number of nitrogens with two attached hydrogens (primary N) is 2. The minimum Gasteiger partial charge on any atom is -0.289 e. The van der Waals surface area contributed by atoms with Crippen LogP contribution in [-0.4, -0.2) is 27.9 Å². The first-order valence-electron chi connectivity index (χ1n) is 13.5. The van der Waals surface area contributed by atoms with Crippen molar-refractivity contribution in [3.63, 3.8) is 0 Å². The Hall–Kier alpha value is -4.13. The zero-order valence-electron chi connectivity index (χ0n) is 24.2. The molecule has 0 aliphatic rings. The summed E-state index contributed by atoms with van der Waals surface area (Å²) in [4.78, 5) is 22.8. The zero-order chi connectivity index (χ0) is 34.4. The van der Waals surface area contributed by atoms with E-state index in [1.807, 2.05) is 30.3 Å². The summed E-state index contributed by atoms with van der Waals surface area (Å²) in [6.45, 7) is 0. The number of hydrogen-bond acceptors (Lipinski definition) is 6. The number of sulfonamides is 2. The number of ketones is 1. The second kappa shape index (κ2) is 15.2. The lowest BCUT2D eigenvalue weighted by molar-refractivity contribution is 0.103. The molecule has 4 N–H and O–H groups in total. The normalized spacial score (nSPS) is 11.2. The second-order valence-corrected chi connectivity index (χ2v) is 14.1. The quantitative estimate of drug-likeness (QED) is 0.138. The standard InChI is InChI=1S/C17H12ClNO3S.C10H8.C7H5Cl2NO3S/c18-15-8-7-14(10-16(15)23(19,21)22)17(20)13-6-5-11-3-1-2-4-12(11)9-13;1-2-6-10-8-4-3-7-9(10)5-1;8-5-2-1-4(7(9)11)3-6(5)14(10,12)13/h1-10H,(H2,19,21,22);1-8H;1-3H,(H2,10,12,13). The summed E-state index contributed by atoms with van der Waals surface area (Å²) in [6, 6.07) is 37.3. The first kappa shape index (κ1) is 35.7. The molecule has 0 unspecified atom stereocenters. The molecule has 6 rings (SSSR count). The highest BCUT2D eigenvalue weighted by Gasteiger charge is 2.18. The molecular formula is C34H25Cl3N2O6S2. The molecule has 240 valence electrons. The molecule has 0 atom stereocenters. The molecule has 47 heavy (non-hydrogen) atoms. The Kier molecular flexibility index (Phi) is 11.5. The number of carbonyl (C=O) groups excluding carboxylic acids is 2. The van der Waals surface area contributed by atoms with Crippen LogP contribution in [0.25, 0.3) is 21.5 Å². The first-order chi connectivity index (χ1) is 22.1. The third-order valence-corrected chi connectivity index (χ3v) is 9.64. The SMILES string of the molecule is NS(=O)(=O)c1cc(C(=O)Cl)ccc1Cl.NS(=O)(=O)c1cc(C(=O)c2ccc3ccccc3c2)ccc1Cl.c1ccc2ccccc2c1. The average molecular weight is 728 g/mol. The Labute approximate surface area is 286 Å². The van der Waals surface area contributed by atoms with Crippen LogP contribution in [0.3, 0.4) is 0 Å². The molecule has 8 nitrogen and oxygen atoms in total. The fourth-order valence-electron chi connectivity index (χ4n) is 4.34. The summed E-state index contributed by atoms with van der Waals surface area (Å²) < 4.78 is 45.0. The van der Waals surface area contributed by atoms with Gasteiger partial charge >= 0.3 is 0 Å². The van der Waals surface area contributed by atoms with Crippen LogP contribution in [0.1, 0.15) is 26.3 Å². The van der Waals surface area contributed by atoms with Gasteiger partial charge in [0.25, 0.3) is 5.24 Å². The monoisotopic (exact) mass is 726 g/mol. The fourth-order valence-corrected chi connectivity index (χ4v) is 6.60. The van der Waals surface area contributed by atoms with Crippen molar-refractivity contribution >= 4 is 87.4 Å². The molecule has 0 aliphatic carbocycles. The lowest BCUT2D eigenvalue weighted by atomic mass is 10.00. The van der Waals surface area contributed by atoms with E-state index in [0.29, 0.717) is 5.56 Å². The predicted molar refractivity (Wildman–Crippen MR) is 187 cm³/mol. The highest BCUT2D eigenvalue weighted by molar-refractivity contribution is 7.89. The van der Waals surface area contributed by atoms with Crippen molar-refractivity contribution in [3.8, 4) is 0 Å². The molecule has 0 fully saturated rings. The van der Waals surface area contributed by atoms with Gasteiger partial charge in [-0.15, -0.1) is 0 Å². The van der Waals surface area contributed by atoms with E-state index in [-0.39, 0.29) is 36.7 Å². The van der Waals surface area contributed by atoms with Crippen LogP contribution in [0.5, 0.6) is 0 Å². The number of fused-ring (bicyclic) bond motifs is 2. The molecule has 0 saturated heterocycles. The van der Waals surface area contributed by atoms with Crippen LogP contribution in [0, 0.1) is 0 Å². The smallest absolute Gasteiger partial charge is 0.252 e. The number of carbonyl (C=O) groups is 2. The van der Waals surface area contributed by atoms with Gasteiger partial charge in [0.2, 0.25) is 20.0 Å². The summed E-state index contributed by atoms with van der Waals surface area (Å²) in [6.07, 6.45) is 0. The molecule has 0 spiro atoms. The summed E-state index contributed by atoms with van der Waals surface area (Å²) in [5.41, 5.74) is 0.709. The zero-order valence-corrected chi connectivity index (χ0v) is 28.1. The fraction of sp³-hybridized carbons (Fsp3) is 0. The molecule has 0 amide bonds. The Balaban J connectivity index is 0.000000176. The van der Waals surface area contributed by atoms with E-state index in [9.17, 15) is 26.4 Å². The van der Waals surface area contributed by atoms with Gasteiger partial charge in [-0.3, -0.25) is 9.59 Å². The van der Waals surface area contributed by atoms with Crippen LogP contribution >= 0.6 is 34.8 Å². The Morgan fingerprint density at radius 1 is 0.468 bits per heavy atom. The molecule has 0 heterocycles. The van der Waals surface area contributed by atoms with E-state index < -0.39 is 25.3 Å². The predicted octanol–water partition coefficient (Wildman–Crippen LogP) is 7.58. The maximum absolute atomic E-state index is 12.6. The number of rotatable bonds is 5. The lowest BCUT2D eigenvalue weighted by Crippen LogP contribution is -2.14. The third-order valence-electron chi connectivity index (χ3n) is 6.63. The third kappa shape index (κ3) is 9.46.